The Hall–Kier alpha value is -3.82. The summed E-state index contributed by atoms with van der Waals surface area (Å²) >= 11 is 0. The second-order valence-electron chi connectivity index (χ2n) is 7.39. The zero-order chi connectivity index (χ0) is 23.0. The fourth-order valence-electron chi connectivity index (χ4n) is 3.72. The zero-order valence-corrected chi connectivity index (χ0v) is 16.8. The van der Waals surface area contributed by atoms with Crippen LogP contribution in [0.2, 0.25) is 0 Å². The molecule has 0 bridgehead atoms. The van der Waals surface area contributed by atoms with Gasteiger partial charge in [0, 0.05) is 23.1 Å². The number of aromatic nitrogens is 2. The maximum atomic E-state index is 13.4. The highest BCUT2D eigenvalue weighted by atomic mass is 19.4. The van der Waals surface area contributed by atoms with Crippen molar-refractivity contribution in [2.75, 3.05) is 6.61 Å². The van der Waals surface area contributed by atoms with Crippen LogP contribution in [0.25, 0.3) is 5.69 Å². The molecule has 4 rings (SSSR count). The summed E-state index contributed by atoms with van der Waals surface area (Å²) in [4.78, 5) is 23.8. The molecule has 2 atom stereocenters. The van der Waals surface area contributed by atoms with Gasteiger partial charge in [0.25, 0.3) is 5.91 Å². The molecular weight excluding hydrogens is 427 g/mol. The van der Waals surface area contributed by atoms with Crippen LogP contribution in [0.4, 0.5) is 13.2 Å². The van der Waals surface area contributed by atoms with E-state index in [0.717, 1.165) is 11.3 Å². The van der Waals surface area contributed by atoms with Crippen molar-refractivity contribution in [1.29, 1.82) is 0 Å². The summed E-state index contributed by atoms with van der Waals surface area (Å²) < 4.78 is 46.3. The number of aromatic carboxylic acids is 1. The Kier molecular flexibility index (Phi) is 5.37. The molecule has 0 aliphatic carbocycles. The van der Waals surface area contributed by atoms with Gasteiger partial charge >= 0.3 is 12.1 Å². The summed E-state index contributed by atoms with van der Waals surface area (Å²) in [7, 11) is 0. The fraction of sp³-hybridized carbons (Fsp3) is 0.227. The third kappa shape index (κ3) is 3.91. The van der Waals surface area contributed by atoms with Crippen LogP contribution in [0.3, 0.4) is 0 Å². The van der Waals surface area contributed by atoms with Gasteiger partial charge in [-0.3, -0.25) is 4.79 Å². The number of halogens is 3. The normalized spacial score (nSPS) is 16.2. The first-order valence-electron chi connectivity index (χ1n) is 9.68. The Morgan fingerprint density at radius 1 is 1.19 bits per heavy atom. The van der Waals surface area contributed by atoms with Crippen LogP contribution >= 0.6 is 0 Å². The highest BCUT2D eigenvalue weighted by Gasteiger charge is 2.40. The van der Waals surface area contributed by atoms with E-state index in [1.165, 1.54) is 24.3 Å². The highest BCUT2D eigenvalue weighted by Crippen LogP contribution is 2.36. The number of alkyl halides is 3. The van der Waals surface area contributed by atoms with Gasteiger partial charge in [-0.1, -0.05) is 18.2 Å². The van der Waals surface area contributed by atoms with Crippen LogP contribution < -0.4 is 10.1 Å². The molecule has 0 spiro atoms. The van der Waals surface area contributed by atoms with Gasteiger partial charge in [-0.2, -0.15) is 18.3 Å². The van der Waals surface area contributed by atoms with Gasteiger partial charge in [0.1, 0.15) is 11.3 Å². The van der Waals surface area contributed by atoms with Gasteiger partial charge in [-0.25, -0.2) is 9.48 Å². The van der Waals surface area contributed by atoms with E-state index in [4.69, 9.17) is 9.84 Å². The number of carboxylic acids is 1. The first-order valence-corrected chi connectivity index (χ1v) is 9.68. The number of hydrogen-bond donors (Lipinski definition) is 2. The van der Waals surface area contributed by atoms with Crippen LogP contribution in [0.15, 0.2) is 54.7 Å². The predicted molar refractivity (Wildman–Crippen MR) is 107 cm³/mol. The standard InChI is InChI=1S/C22H18F3N3O4/c1-12(17-11-32-18-5-3-2-4-15(17)18)27-20(29)13-6-8-14(9-7-13)28-19(22(23,24)25)16(10-26-28)21(30)31/h2-10,12,17H,11H2,1H3,(H,27,29)(H,30,31)/t12-,17-/m0/s1. The van der Waals surface area contributed by atoms with Crippen LogP contribution in [0, 0.1) is 0 Å². The molecule has 0 unspecified atom stereocenters. The Labute approximate surface area is 180 Å². The summed E-state index contributed by atoms with van der Waals surface area (Å²) in [5, 5.41) is 15.5. The van der Waals surface area contributed by atoms with E-state index >= 15 is 0 Å². The van der Waals surface area contributed by atoms with Crippen LogP contribution in [-0.2, 0) is 6.18 Å². The summed E-state index contributed by atoms with van der Waals surface area (Å²) in [6.45, 7) is 2.29. The zero-order valence-electron chi connectivity index (χ0n) is 16.8. The molecule has 0 radical (unpaired) electrons. The lowest BCUT2D eigenvalue weighted by Gasteiger charge is -2.20. The van der Waals surface area contributed by atoms with E-state index in [-0.39, 0.29) is 23.2 Å². The molecule has 3 aromatic rings. The molecule has 2 N–H and O–H groups in total. The molecule has 1 aliphatic heterocycles. The van der Waals surface area contributed by atoms with Gasteiger partial charge < -0.3 is 15.2 Å². The number of benzene rings is 2. The molecule has 10 heteroatoms. The van der Waals surface area contributed by atoms with Gasteiger partial charge in [-0.15, -0.1) is 0 Å². The molecule has 1 aliphatic rings. The first kappa shape index (κ1) is 21.4. The van der Waals surface area contributed by atoms with Crippen molar-refractivity contribution >= 4 is 11.9 Å². The van der Waals surface area contributed by atoms with E-state index in [9.17, 15) is 22.8 Å². The van der Waals surface area contributed by atoms with Crippen molar-refractivity contribution in [1.82, 2.24) is 15.1 Å². The molecule has 0 saturated carbocycles. The van der Waals surface area contributed by atoms with Gasteiger partial charge in [0.2, 0.25) is 0 Å². The van der Waals surface area contributed by atoms with Crippen molar-refractivity contribution in [3.63, 3.8) is 0 Å². The number of carbonyl (C=O) groups is 2. The Morgan fingerprint density at radius 3 is 2.53 bits per heavy atom. The Balaban J connectivity index is 1.52. The van der Waals surface area contributed by atoms with Crippen molar-refractivity contribution in [2.45, 2.75) is 25.1 Å². The predicted octanol–water partition coefficient (Wildman–Crippen LogP) is 3.88. The van der Waals surface area contributed by atoms with Crippen LogP contribution in [0.5, 0.6) is 5.75 Å². The molecule has 1 aromatic heterocycles. The number of para-hydroxylation sites is 1. The molecule has 0 fully saturated rings. The first-order chi connectivity index (χ1) is 15.2. The van der Waals surface area contributed by atoms with Crippen LogP contribution in [-0.4, -0.2) is 39.4 Å². The molecule has 2 aromatic carbocycles. The number of fused-ring (bicyclic) bond motifs is 1. The van der Waals surface area contributed by atoms with E-state index in [1.54, 1.807) is 0 Å². The van der Waals surface area contributed by atoms with E-state index in [1.807, 2.05) is 31.2 Å². The summed E-state index contributed by atoms with van der Waals surface area (Å²) in [6.07, 6.45) is -4.27. The number of rotatable bonds is 5. The molecule has 2 heterocycles. The SMILES string of the molecule is C[C@H](NC(=O)c1ccc(-n2ncc(C(=O)O)c2C(F)(F)F)cc1)[C@@H]1COc2ccccc21. The van der Waals surface area contributed by atoms with Gasteiger partial charge in [0.05, 0.1) is 18.5 Å². The van der Waals surface area contributed by atoms with E-state index in [2.05, 4.69) is 10.4 Å². The quantitative estimate of drug-likeness (QED) is 0.622. The number of carboxylic acid groups (broad SMARTS) is 1. The number of amides is 1. The molecule has 7 nitrogen and oxygen atoms in total. The minimum atomic E-state index is -4.92. The number of ether oxygens (including phenoxy) is 1. The minimum absolute atomic E-state index is 0.0208. The van der Waals surface area contributed by atoms with E-state index in [0.29, 0.717) is 17.5 Å². The Bertz CT molecular complexity index is 1170. The molecule has 32 heavy (non-hydrogen) atoms. The lowest BCUT2D eigenvalue weighted by atomic mass is 9.94. The average molecular weight is 445 g/mol. The highest BCUT2D eigenvalue weighted by molar-refractivity contribution is 5.94. The van der Waals surface area contributed by atoms with Crippen LogP contribution in [0.1, 0.15) is 44.8 Å². The monoisotopic (exact) mass is 445 g/mol. The maximum Gasteiger partial charge on any atom is 0.434 e. The van der Waals surface area contributed by atoms with Crippen molar-refractivity contribution < 1.29 is 32.6 Å². The third-order valence-corrected chi connectivity index (χ3v) is 5.34. The molecular formula is C22H18F3N3O4. The summed E-state index contributed by atoms with van der Waals surface area (Å²) in [5.74, 6) is -1.37. The number of carbonyl (C=O) groups excluding carboxylic acids is 1. The van der Waals surface area contributed by atoms with Gasteiger partial charge in [-0.05, 0) is 37.3 Å². The maximum absolute atomic E-state index is 13.4. The van der Waals surface area contributed by atoms with Crippen molar-refractivity contribution in [3.05, 3.63) is 77.1 Å². The minimum Gasteiger partial charge on any atom is -0.493 e. The lowest BCUT2D eigenvalue weighted by molar-refractivity contribution is -0.143. The largest absolute Gasteiger partial charge is 0.493 e. The topological polar surface area (TPSA) is 93.5 Å². The molecule has 0 saturated heterocycles. The number of hydrogen-bond acceptors (Lipinski definition) is 4. The molecule has 1 amide bonds. The second-order valence-corrected chi connectivity index (χ2v) is 7.39. The third-order valence-electron chi connectivity index (χ3n) is 5.34. The number of nitrogens with one attached hydrogen (secondary N) is 1. The fourth-order valence-corrected chi connectivity index (χ4v) is 3.72. The average Bonchev–Trinajstić information content (AvgIpc) is 3.38. The Morgan fingerprint density at radius 2 is 1.88 bits per heavy atom. The van der Waals surface area contributed by atoms with E-state index < -0.39 is 29.3 Å². The van der Waals surface area contributed by atoms with Crippen molar-refractivity contribution in [2.24, 2.45) is 0 Å². The smallest absolute Gasteiger partial charge is 0.434 e. The number of nitrogens with zero attached hydrogens (tertiary/aromatic N) is 2. The lowest BCUT2D eigenvalue weighted by Crippen LogP contribution is -2.37. The second kappa shape index (κ2) is 8.03. The molecule has 166 valence electrons. The summed E-state index contributed by atoms with van der Waals surface area (Å²) in [5.41, 5.74) is -1.12. The summed E-state index contributed by atoms with van der Waals surface area (Å²) in [6, 6.07) is 12.6. The van der Waals surface area contributed by atoms with Gasteiger partial charge in [0.15, 0.2) is 5.69 Å². The van der Waals surface area contributed by atoms with Crippen molar-refractivity contribution in [3.8, 4) is 11.4 Å².